The molecule has 1 aliphatic heterocycles. The Balaban J connectivity index is 0.00000361. The number of aliphatic hydroxyl groups is 1. The number of halogens is 3. The second-order valence-electron chi connectivity index (χ2n) is 8.65. The lowest BCUT2D eigenvalue weighted by atomic mass is 9.85. The van der Waals surface area contributed by atoms with Crippen molar-refractivity contribution in [3.63, 3.8) is 0 Å². The van der Waals surface area contributed by atoms with Crippen LogP contribution in [0.25, 0.3) is 0 Å². The number of benzene rings is 3. The Morgan fingerprint density at radius 2 is 1.67 bits per heavy atom. The normalized spacial score (nSPS) is 19.5. The van der Waals surface area contributed by atoms with E-state index in [0.717, 1.165) is 41.5 Å². The highest BCUT2D eigenvalue weighted by molar-refractivity contribution is 5.85. The van der Waals surface area contributed by atoms with Crippen molar-refractivity contribution in [1.82, 2.24) is 5.32 Å². The van der Waals surface area contributed by atoms with Crippen LogP contribution >= 0.6 is 12.4 Å². The Morgan fingerprint density at radius 3 is 2.44 bits per heavy atom. The average molecular weight is 520 g/mol. The van der Waals surface area contributed by atoms with Gasteiger partial charge >= 0.3 is 0 Å². The molecule has 0 bridgehead atoms. The highest BCUT2D eigenvalue weighted by atomic mass is 35.5. The largest absolute Gasteiger partial charge is 0.494 e. The summed E-state index contributed by atoms with van der Waals surface area (Å²) in [5.74, 6) is -0.589. The van der Waals surface area contributed by atoms with Gasteiger partial charge in [0.15, 0.2) is 0 Å². The summed E-state index contributed by atoms with van der Waals surface area (Å²) in [5.41, 5.74) is 2.20. The van der Waals surface area contributed by atoms with Crippen molar-refractivity contribution in [3.05, 3.63) is 101 Å². The summed E-state index contributed by atoms with van der Waals surface area (Å²) in [7, 11) is 0. The summed E-state index contributed by atoms with van der Waals surface area (Å²) in [4.78, 5) is 0. The number of ether oxygens (including phenoxy) is 3. The monoisotopic (exact) mass is 519 g/mol. The van der Waals surface area contributed by atoms with Crippen molar-refractivity contribution in [1.29, 1.82) is 0 Å². The molecule has 0 aromatic heterocycles. The third kappa shape index (κ3) is 7.98. The molecule has 3 aromatic carbocycles. The van der Waals surface area contributed by atoms with Crippen molar-refractivity contribution in [2.45, 2.75) is 37.8 Å². The van der Waals surface area contributed by atoms with Gasteiger partial charge in [-0.3, -0.25) is 0 Å². The molecule has 0 amide bonds. The molecule has 36 heavy (non-hydrogen) atoms. The van der Waals surface area contributed by atoms with Crippen molar-refractivity contribution in [3.8, 4) is 5.75 Å². The van der Waals surface area contributed by atoms with Gasteiger partial charge in [0.2, 0.25) is 0 Å². The predicted octanol–water partition coefficient (Wildman–Crippen LogP) is 5.01. The number of β-amino-alcohol motifs (C(OH)–C–C–N with tert-alkyl or cyclic N) is 1. The lowest BCUT2D eigenvalue weighted by Gasteiger charge is -2.36. The van der Waals surface area contributed by atoms with Crippen LogP contribution in [0, 0.1) is 11.6 Å². The standard InChI is InChI=1S/C28H31F2NO4.ClH/c29-23-9-12-25(30)22(15-23)19-35-27-17-31-16-26(32)28(27)21-7-10-24(11-8-21)34-14-4-13-33-18-20-5-2-1-3-6-20;/h1-3,5-12,15,26-28,31-32H,4,13-14,16-19H2;1H. The van der Waals surface area contributed by atoms with Gasteiger partial charge in [-0.2, -0.15) is 0 Å². The van der Waals surface area contributed by atoms with Gasteiger partial charge in [-0.05, 0) is 41.5 Å². The number of nitrogens with one attached hydrogen (secondary N) is 1. The molecule has 0 saturated carbocycles. The van der Waals surface area contributed by atoms with E-state index in [1.54, 1.807) is 0 Å². The van der Waals surface area contributed by atoms with Crippen LogP contribution in [-0.4, -0.2) is 43.6 Å². The zero-order valence-corrected chi connectivity index (χ0v) is 20.8. The summed E-state index contributed by atoms with van der Waals surface area (Å²) in [6, 6.07) is 20.9. The van der Waals surface area contributed by atoms with E-state index in [2.05, 4.69) is 5.32 Å². The third-order valence-electron chi connectivity index (χ3n) is 6.05. The Kier molecular flexibility index (Phi) is 11.1. The minimum Gasteiger partial charge on any atom is -0.494 e. The summed E-state index contributed by atoms with van der Waals surface area (Å²) < 4.78 is 44.9. The maximum absolute atomic E-state index is 14.0. The number of aliphatic hydroxyl groups excluding tert-OH is 1. The second-order valence-corrected chi connectivity index (χ2v) is 8.65. The molecule has 5 nitrogen and oxygen atoms in total. The fraction of sp³-hybridized carbons (Fsp3) is 0.357. The minimum absolute atomic E-state index is 0. The van der Waals surface area contributed by atoms with Crippen molar-refractivity contribution in [2.24, 2.45) is 0 Å². The highest BCUT2D eigenvalue weighted by Gasteiger charge is 2.34. The molecule has 1 saturated heterocycles. The Hall–Kier alpha value is -2.55. The van der Waals surface area contributed by atoms with E-state index >= 15 is 0 Å². The molecule has 2 N–H and O–H groups in total. The zero-order valence-electron chi connectivity index (χ0n) is 19.9. The predicted molar refractivity (Wildman–Crippen MR) is 136 cm³/mol. The van der Waals surface area contributed by atoms with Crippen LogP contribution in [0.2, 0.25) is 0 Å². The van der Waals surface area contributed by atoms with E-state index in [-0.39, 0.29) is 30.5 Å². The van der Waals surface area contributed by atoms with Crippen molar-refractivity contribution in [2.75, 3.05) is 26.3 Å². The fourth-order valence-electron chi connectivity index (χ4n) is 4.23. The van der Waals surface area contributed by atoms with E-state index in [9.17, 15) is 13.9 Å². The van der Waals surface area contributed by atoms with E-state index in [4.69, 9.17) is 14.2 Å². The van der Waals surface area contributed by atoms with Crippen LogP contribution in [0.15, 0.2) is 72.8 Å². The lowest BCUT2D eigenvalue weighted by molar-refractivity contribution is -0.0336. The molecule has 3 atom stereocenters. The fourth-order valence-corrected chi connectivity index (χ4v) is 4.23. The lowest BCUT2D eigenvalue weighted by Crippen LogP contribution is -2.49. The Labute approximate surface area is 216 Å². The van der Waals surface area contributed by atoms with Gasteiger partial charge in [0.05, 0.1) is 38.6 Å². The molecule has 4 rings (SSSR count). The van der Waals surface area contributed by atoms with Crippen LogP contribution < -0.4 is 10.1 Å². The maximum Gasteiger partial charge on any atom is 0.128 e. The Bertz CT molecular complexity index is 1060. The first kappa shape index (κ1) is 28.0. The first-order chi connectivity index (χ1) is 17.1. The van der Waals surface area contributed by atoms with Crippen LogP contribution in [0.5, 0.6) is 5.75 Å². The zero-order chi connectivity index (χ0) is 24.5. The molecule has 3 unspecified atom stereocenters. The second kappa shape index (κ2) is 14.3. The van der Waals surface area contributed by atoms with Crippen LogP contribution in [-0.2, 0) is 22.7 Å². The molecule has 3 aromatic rings. The van der Waals surface area contributed by atoms with Gasteiger partial charge in [0.25, 0.3) is 0 Å². The molecule has 1 aliphatic rings. The van der Waals surface area contributed by atoms with E-state index in [0.29, 0.717) is 32.9 Å². The molecule has 1 heterocycles. The third-order valence-corrected chi connectivity index (χ3v) is 6.05. The summed E-state index contributed by atoms with van der Waals surface area (Å²) >= 11 is 0. The molecular weight excluding hydrogens is 488 g/mol. The molecule has 1 fully saturated rings. The van der Waals surface area contributed by atoms with Crippen molar-refractivity contribution >= 4 is 12.4 Å². The quantitative estimate of drug-likeness (QED) is 0.349. The van der Waals surface area contributed by atoms with Gasteiger partial charge in [0, 0.05) is 31.0 Å². The first-order valence-corrected chi connectivity index (χ1v) is 11.9. The molecule has 0 radical (unpaired) electrons. The summed E-state index contributed by atoms with van der Waals surface area (Å²) in [5, 5.41) is 13.8. The topological polar surface area (TPSA) is 60.0 Å². The first-order valence-electron chi connectivity index (χ1n) is 11.9. The SMILES string of the molecule is Cl.OC1CNCC(OCc2cc(F)ccc2F)C1c1ccc(OCCCOCc2ccccc2)cc1. The molecule has 8 heteroatoms. The van der Waals surface area contributed by atoms with E-state index in [1.165, 1.54) is 0 Å². The number of piperidine rings is 1. The van der Waals surface area contributed by atoms with Gasteiger partial charge in [-0.25, -0.2) is 8.78 Å². The molecule has 194 valence electrons. The van der Waals surface area contributed by atoms with Crippen LogP contribution in [0.4, 0.5) is 8.78 Å². The summed E-state index contributed by atoms with van der Waals surface area (Å²) in [6.45, 7) is 2.59. The number of hydrogen-bond donors (Lipinski definition) is 2. The summed E-state index contributed by atoms with van der Waals surface area (Å²) in [6.07, 6.45) is -0.289. The van der Waals surface area contributed by atoms with Gasteiger partial charge < -0.3 is 24.6 Å². The molecule has 0 aliphatic carbocycles. The van der Waals surface area contributed by atoms with Crippen molar-refractivity contribution < 1.29 is 28.1 Å². The maximum atomic E-state index is 14.0. The minimum atomic E-state index is -0.667. The highest BCUT2D eigenvalue weighted by Crippen LogP contribution is 2.30. The smallest absolute Gasteiger partial charge is 0.128 e. The van der Waals surface area contributed by atoms with Gasteiger partial charge in [-0.1, -0.05) is 42.5 Å². The van der Waals surface area contributed by atoms with E-state index in [1.807, 2.05) is 54.6 Å². The molecule has 0 spiro atoms. The van der Waals surface area contributed by atoms with E-state index < -0.39 is 23.8 Å². The van der Waals surface area contributed by atoms with Crippen LogP contribution in [0.3, 0.4) is 0 Å². The number of rotatable bonds is 11. The average Bonchev–Trinajstić information content (AvgIpc) is 2.88. The van der Waals surface area contributed by atoms with Gasteiger partial charge in [0.1, 0.15) is 17.4 Å². The van der Waals surface area contributed by atoms with Crippen LogP contribution in [0.1, 0.15) is 29.0 Å². The molecular formula is C28H32ClF2NO4. The van der Waals surface area contributed by atoms with Gasteiger partial charge in [-0.15, -0.1) is 12.4 Å². The number of hydrogen-bond acceptors (Lipinski definition) is 5. The Morgan fingerprint density at radius 1 is 0.889 bits per heavy atom.